The highest BCUT2D eigenvalue weighted by molar-refractivity contribution is 5.96. The summed E-state index contributed by atoms with van der Waals surface area (Å²) in [6.07, 6.45) is -3.82. The van der Waals surface area contributed by atoms with Crippen molar-refractivity contribution in [2.24, 2.45) is 0 Å². The molecule has 1 aromatic rings. The Morgan fingerprint density at radius 1 is 1.37 bits per heavy atom. The predicted molar refractivity (Wildman–Crippen MR) is 64.8 cm³/mol. The van der Waals surface area contributed by atoms with Crippen LogP contribution in [0, 0.1) is 0 Å². The number of hydrogen-bond donors (Lipinski definition) is 2. The number of nitrogens with one attached hydrogen (secondary N) is 2. The molecule has 1 aliphatic rings. The molecule has 1 saturated heterocycles. The van der Waals surface area contributed by atoms with E-state index >= 15 is 0 Å². The van der Waals surface area contributed by atoms with E-state index in [-0.39, 0.29) is 5.56 Å². The van der Waals surface area contributed by atoms with E-state index in [2.05, 4.69) is 10.6 Å². The molecule has 0 saturated carbocycles. The van der Waals surface area contributed by atoms with Crippen molar-refractivity contribution >= 4 is 5.91 Å². The molecule has 0 aliphatic carbocycles. The van der Waals surface area contributed by atoms with Crippen LogP contribution >= 0.6 is 0 Å². The Hall–Kier alpha value is -1.56. The van der Waals surface area contributed by atoms with Crippen LogP contribution in [0.15, 0.2) is 24.3 Å². The Balaban J connectivity index is 2.24. The molecule has 1 atom stereocenters. The summed E-state index contributed by atoms with van der Waals surface area (Å²) >= 11 is 0. The zero-order valence-corrected chi connectivity index (χ0v) is 10.5. The number of hydrogen-bond acceptors (Lipinski definition) is 2. The number of alkyl halides is 3. The predicted octanol–water partition coefficient (Wildman–Crippen LogP) is 2.19. The van der Waals surface area contributed by atoms with Crippen molar-refractivity contribution < 1.29 is 18.0 Å². The molecule has 6 heteroatoms. The highest BCUT2D eigenvalue weighted by atomic mass is 19.4. The quantitative estimate of drug-likeness (QED) is 0.866. The van der Waals surface area contributed by atoms with Gasteiger partial charge in [-0.15, -0.1) is 0 Å². The third-order valence-corrected chi connectivity index (χ3v) is 3.26. The maximum Gasteiger partial charge on any atom is 0.417 e. The van der Waals surface area contributed by atoms with Crippen LogP contribution in [0.3, 0.4) is 0 Å². The molecule has 1 aliphatic heterocycles. The number of benzene rings is 1. The minimum atomic E-state index is -4.53. The second-order valence-electron chi connectivity index (χ2n) is 4.98. The van der Waals surface area contributed by atoms with Gasteiger partial charge in [0.05, 0.1) is 16.7 Å². The van der Waals surface area contributed by atoms with Crippen LogP contribution in [-0.4, -0.2) is 24.5 Å². The fourth-order valence-electron chi connectivity index (χ4n) is 2.19. The first-order valence-corrected chi connectivity index (χ1v) is 6.01. The Kier molecular flexibility index (Phi) is 3.54. The summed E-state index contributed by atoms with van der Waals surface area (Å²) in [6, 6.07) is 4.83. The first-order valence-electron chi connectivity index (χ1n) is 6.01. The Morgan fingerprint density at radius 2 is 2.05 bits per heavy atom. The average molecular weight is 272 g/mol. The highest BCUT2D eigenvalue weighted by Gasteiger charge is 2.37. The van der Waals surface area contributed by atoms with E-state index in [0.717, 1.165) is 12.6 Å². The van der Waals surface area contributed by atoms with Crippen LogP contribution < -0.4 is 10.6 Å². The largest absolute Gasteiger partial charge is 0.417 e. The molecule has 1 unspecified atom stereocenters. The van der Waals surface area contributed by atoms with Gasteiger partial charge in [0.25, 0.3) is 5.91 Å². The maximum atomic E-state index is 12.8. The summed E-state index contributed by atoms with van der Waals surface area (Å²) in [5, 5.41) is 5.76. The molecule has 19 heavy (non-hydrogen) atoms. The van der Waals surface area contributed by atoms with Gasteiger partial charge in [-0.2, -0.15) is 13.2 Å². The molecule has 3 nitrogen and oxygen atoms in total. The number of carbonyl (C=O) groups excluding carboxylic acids is 1. The van der Waals surface area contributed by atoms with Crippen molar-refractivity contribution in [2.45, 2.75) is 25.1 Å². The summed E-state index contributed by atoms with van der Waals surface area (Å²) in [5.74, 6) is -0.681. The minimum absolute atomic E-state index is 0.330. The van der Waals surface area contributed by atoms with Gasteiger partial charge in [-0.25, -0.2) is 0 Å². The van der Waals surface area contributed by atoms with E-state index in [9.17, 15) is 18.0 Å². The third-order valence-electron chi connectivity index (χ3n) is 3.26. The van der Waals surface area contributed by atoms with Crippen molar-refractivity contribution in [3.05, 3.63) is 35.4 Å². The maximum absolute atomic E-state index is 12.8. The van der Waals surface area contributed by atoms with Crippen molar-refractivity contribution in [3.8, 4) is 0 Å². The van der Waals surface area contributed by atoms with E-state index < -0.39 is 23.2 Å². The van der Waals surface area contributed by atoms with Crippen LogP contribution in [0.1, 0.15) is 29.3 Å². The molecule has 2 N–H and O–H groups in total. The van der Waals surface area contributed by atoms with Gasteiger partial charge < -0.3 is 10.6 Å². The molecule has 1 fully saturated rings. The molecular weight excluding hydrogens is 257 g/mol. The molecule has 0 spiro atoms. The summed E-state index contributed by atoms with van der Waals surface area (Å²) < 4.78 is 38.5. The van der Waals surface area contributed by atoms with Crippen LogP contribution in [0.2, 0.25) is 0 Å². The van der Waals surface area contributed by atoms with Crippen molar-refractivity contribution in [3.63, 3.8) is 0 Å². The first-order chi connectivity index (χ1) is 8.82. The lowest BCUT2D eigenvalue weighted by Gasteiger charge is -2.25. The Morgan fingerprint density at radius 3 is 2.63 bits per heavy atom. The molecule has 0 aromatic heterocycles. The van der Waals surface area contributed by atoms with Crippen molar-refractivity contribution in [2.75, 3.05) is 13.1 Å². The number of amides is 1. The summed E-state index contributed by atoms with van der Waals surface area (Å²) in [7, 11) is 0. The first kappa shape index (κ1) is 13.9. The smallest absolute Gasteiger partial charge is 0.346 e. The number of carbonyl (C=O) groups is 1. The van der Waals surface area contributed by atoms with E-state index in [4.69, 9.17) is 0 Å². The van der Waals surface area contributed by atoms with Gasteiger partial charge in [-0.1, -0.05) is 12.1 Å². The number of halogens is 3. The SMILES string of the molecule is CC1(NC(=O)c2ccccc2C(F)(F)F)CCNC1. The van der Waals surface area contributed by atoms with E-state index in [0.29, 0.717) is 13.0 Å². The van der Waals surface area contributed by atoms with Crippen LogP contribution in [0.25, 0.3) is 0 Å². The molecule has 1 heterocycles. The molecule has 2 rings (SSSR count). The zero-order valence-electron chi connectivity index (χ0n) is 10.5. The summed E-state index contributed by atoms with van der Waals surface area (Å²) in [5.41, 5.74) is -1.72. The molecule has 0 bridgehead atoms. The topological polar surface area (TPSA) is 41.1 Å². The van der Waals surface area contributed by atoms with E-state index in [1.54, 1.807) is 0 Å². The second-order valence-corrected chi connectivity index (χ2v) is 4.98. The van der Waals surface area contributed by atoms with Crippen molar-refractivity contribution in [1.29, 1.82) is 0 Å². The van der Waals surface area contributed by atoms with Gasteiger partial charge in [0.2, 0.25) is 0 Å². The zero-order chi connectivity index (χ0) is 14.1. The van der Waals surface area contributed by atoms with Gasteiger partial charge in [-0.05, 0) is 32.0 Å². The lowest BCUT2D eigenvalue weighted by atomic mass is 9.99. The summed E-state index contributed by atoms with van der Waals surface area (Å²) in [4.78, 5) is 12.0. The van der Waals surface area contributed by atoms with Crippen LogP contribution in [0.4, 0.5) is 13.2 Å². The van der Waals surface area contributed by atoms with E-state index in [1.807, 2.05) is 6.92 Å². The fourth-order valence-corrected chi connectivity index (χ4v) is 2.19. The molecule has 1 aromatic carbocycles. The Bertz CT molecular complexity index is 479. The van der Waals surface area contributed by atoms with E-state index in [1.165, 1.54) is 18.2 Å². The molecular formula is C13H15F3N2O. The molecule has 0 radical (unpaired) electrons. The van der Waals surface area contributed by atoms with Gasteiger partial charge >= 0.3 is 6.18 Å². The average Bonchev–Trinajstić information content (AvgIpc) is 2.74. The lowest BCUT2D eigenvalue weighted by Crippen LogP contribution is -2.47. The van der Waals surface area contributed by atoms with Gasteiger partial charge in [0, 0.05) is 6.54 Å². The third kappa shape index (κ3) is 3.07. The lowest BCUT2D eigenvalue weighted by molar-refractivity contribution is -0.137. The monoisotopic (exact) mass is 272 g/mol. The van der Waals surface area contributed by atoms with Gasteiger partial charge in [0.15, 0.2) is 0 Å². The van der Waals surface area contributed by atoms with Gasteiger partial charge in [0.1, 0.15) is 0 Å². The van der Waals surface area contributed by atoms with Crippen LogP contribution in [-0.2, 0) is 6.18 Å². The molecule has 104 valence electrons. The van der Waals surface area contributed by atoms with Crippen molar-refractivity contribution in [1.82, 2.24) is 10.6 Å². The number of rotatable bonds is 2. The Labute approximate surface area is 109 Å². The minimum Gasteiger partial charge on any atom is -0.346 e. The van der Waals surface area contributed by atoms with Gasteiger partial charge in [-0.3, -0.25) is 4.79 Å². The highest BCUT2D eigenvalue weighted by Crippen LogP contribution is 2.32. The summed E-state index contributed by atoms with van der Waals surface area (Å²) in [6.45, 7) is 3.13. The van der Waals surface area contributed by atoms with Crippen LogP contribution in [0.5, 0.6) is 0 Å². The standard InChI is InChI=1S/C13H15F3N2O/c1-12(6-7-17-8-12)18-11(19)9-4-2-3-5-10(9)13(14,15)16/h2-5,17H,6-8H2,1H3,(H,18,19). The molecule has 1 amide bonds. The normalized spacial score (nSPS) is 23.4. The second kappa shape index (κ2) is 4.85. The fraction of sp³-hybridized carbons (Fsp3) is 0.462.